The lowest BCUT2D eigenvalue weighted by molar-refractivity contribution is -0.133. The van der Waals surface area contributed by atoms with Gasteiger partial charge < -0.3 is 15.2 Å². The number of carbonyl (C=O) groups is 2. The third-order valence-electron chi connectivity index (χ3n) is 7.32. The van der Waals surface area contributed by atoms with E-state index in [1.54, 1.807) is 23.1 Å². The fraction of sp³-hybridized carbons (Fsp3) is 0.385. The van der Waals surface area contributed by atoms with Gasteiger partial charge in [0.25, 0.3) is 5.91 Å². The van der Waals surface area contributed by atoms with Crippen molar-refractivity contribution in [2.75, 3.05) is 32.8 Å². The van der Waals surface area contributed by atoms with E-state index < -0.39 is 11.6 Å². The van der Waals surface area contributed by atoms with Gasteiger partial charge in [-0.05, 0) is 54.9 Å². The zero-order chi connectivity index (χ0) is 24.9. The van der Waals surface area contributed by atoms with Crippen molar-refractivity contribution < 1.29 is 19.8 Å². The number of amides is 3. The van der Waals surface area contributed by atoms with Gasteiger partial charge in [-0.1, -0.05) is 35.0 Å². The van der Waals surface area contributed by atoms with E-state index in [4.69, 9.17) is 0 Å². The Hall–Kier alpha value is -2.88. The highest BCUT2D eigenvalue weighted by molar-refractivity contribution is 9.10. The molecule has 0 aliphatic carbocycles. The number of phenols is 1. The first-order valence-corrected chi connectivity index (χ1v) is 12.6. The van der Waals surface area contributed by atoms with Gasteiger partial charge >= 0.3 is 6.03 Å². The Balaban J connectivity index is 1.62. The average Bonchev–Trinajstić information content (AvgIpc) is 3.27. The summed E-state index contributed by atoms with van der Waals surface area (Å²) in [7, 11) is 0. The quantitative estimate of drug-likeness (QED) is 0.397. The summed E-state index contributed by atoms with van der Waals surface area (Å²) in [5, 5.41) is 20.6. The summed E-state index contributed by atoms with van der Waals surface area (Å²) in [5.41, 5.74) is 2.48. The minimum Gasteiger partial charge on any atom is -0.508 e. The minimum absolute atomic E-state index is 0.0242. The fourth-order valence-electron chi connectivity index (χ4n) is 5.53. The zero-order valence-electron chi connectivity index (χ0n) is 19.8. The van der Waals surface area contributed by atoms with E-state index in [-0.39, 0.29) is 30.8 Å². The predicted molar refractivity (Wildman–Crippen MR) is 136 cm³/mol. The molecule has 2 aromatic carbocycles. The summed E-state index contributed by atoms with van der Waals surface area (Å²) in [5.74, 6) is -0.115. The third kappa shape index (κ3) is 3.82. The molecule has 2 aliphatic rings. The van der Waals surface area contributed by atoms with Crippen LogP contribution in [0, 0.1) is 0 Å². The summed E-state index contributed by atoms with van der Waals surface area (Å²) in [6.07, 6.45) is 0.392. The van der Waals surface area contributed by atoms with Crippen molar-refractivity contribution in [2.24, 2.45) is 0 Å². The van der Waals surface area contributed by atoms with Crippen molar-refractivity contribution in [1.29, 1.82) is 0 Å². The number of fused-ring (bicyclic) bond motifs is 4. The number of benzene rings is 2. The van der Waals surface area contributed by atoms with Gasteiger partial charge in [0, 0.05) is 47.1 Å². The van der Waals surface area contributed by atoms with Gasteiger partial charge in [0.05, 0.1) is 6.61 Å². The topological polar surface area (TPSA) is 100 Å². The Morgan fingerprint density at radius 3 is 2.71 bits per heavy atom. The highest BCUT2D eigenvalue weighted by Crippen LogP contribution is 2.49. The fourth-order valence-corrected chi connectivity index (χ4v) is 5.90. The molecule has 184 valence electrons. The van der Waals surface area contributed by atoms with Crippen molar-refractivity contribution in [3.05, 3.63) is 63.8 Å². The number of nitrogens with one attached hydrogen (secondary N) is 1. The largest absolute Gasteiger partial charge is 0.508 e. The van der Waals surface area contributed by atoms with E-state index >= 15 is 0 Å². The summed E-state index contributed by atoms with van der Waals surface area (Å²) in [6.45, 7) is 5.81. The first-order valence-electron chi connectivity index (χ1n) is 11.9. The number of phenolic OH excluding ortho intramolecular Hbond substituents is 1. The molecule has 0 unspecified atom stereocenters. The number of urea groups is 1. The summed E-state index contributed by atoms with van der Waals surface area (Å²) in [4.78, 5) is 36.2. The lowest BCUT2D eigenvalue weighted by Gasteiger charge is -2.42. The number of hydrogen-bond donors (Lipinski definition) is 3. The molecule has 3 heterocycles. The number of halogens is 1. The molecule has 2 aliphatic heterocycles. The number of rotatable bonds is 7. The van der Waals surface area contributed by atoms with Gasteiger partial charge in [-0.25, -0.2) is 4.79 Å². The van der Waals surface area contributed by atoms with E-state index in [2.05, 4.69) is 20.9 Å². The van der Waals surface area contributed by atoms with Crippen molar-refractivity contribution in [3.63, 3.8) is 0 Å². The predicted octanol–water partition coefficient (Wildman–Crippen LogP) is 3.62. The zero-order valence-corrected chi connectivity index (χ0v) is 21.4. The Labute approximate surface area is 212 Å². The van der Waals surface area contributed by atoms with Crippen molar-refractivity contribution in [2.45, 2.75) is 31.8 Å². The maximum atomic E-state index is 13.8. The second kappa shape index (κ2) is 8.96. The molecule has 3 aromatic rings. The number of likely N-dealkylation sites (N-methyl/N-ethyl adjacent to an activating group) is 1. The number of aromatic hydroxyl groups is 1. The Kier molecular flexibility index (Phi) is 6.11. The first kappa shape index (κ1) is 23.8. The molecule has 0 bridgehead atoms. The smallest absolute Gasteiger partial charge is 0.328 e. The molecule has 0 spiro atoms. The van der Waals surface area contributed by atoms with Crippen LogP contribution in [0.5, 0.6) is 5.75 Å². The van der Waals surface area contributed by atoms with Crippen LogP contribution in [-0.4, -0.2) is 80.2 Å². The highest BCUT2D eigenvalue weighted by atomic mass is 79.9. The Bertz CT molecular complexity index is 1310. The van der Waals surface area contributed by atoms with Gasteiger partial charge in [0.15, 0.2) is 0 Å². The number of aromatic nitrogens is 1. The van der Waals surface area contributed by atoms with Gasteiger partial charge in [-0.3, -0.25) is 19.5 Å². The molecule has 0 saturated carbocycles. The maximum absolute atomic E-state index is 13.8. The number of imide groups is 1. The van der Waals surface area contributed by atoms with Crippen molar-refractivity contribution >= 4 is 38.8 Å². The second-order valence-electron chi connectivity index (χ2n) is 9.42. The van der Waals surface area contributed by atoms with Crippen molar-refractivity contribution in [1.82, 2.24) is 19.7 Å². The number of aliphatic hydroxyl groups is 1. The summed E-state index contributed by atoms with van der Waals surface area (Å²) in [6, 6.07) is 12.0. The second-order valence-corrected chi connectivity index (χ2v) is 10.3. The maximum Gasteiger partial charge on any atom is 0.328 e. The van der Waals surface area contributed by atoms with E-state index in [0.29, 0.717) is 19.5 Å². The minimum atomic E-state index is -1.06. The van der Waals surface area contributed by atoms with Gasteiger partial charge in [0.2, 0.25) is 0 Å². The molecule has 1 aromatic heterocycles. The lowest BCUT2D eigenvalue weighted by Crippen LogP contribution is -2.53. The van der Waals surface area contributed by atoms with Crippen LogP contribution in [0.2, 0.25) is 0 Å². The molecule has 8 nitrogen and oxygen atoms in total. The lowest BCUT2D eigenvalue weighted by atomic mass is 9.81. The van der Waals surface area contributed by atoms with Crippen LogP contribution >= 0.6 is 15.9 Å². The van der Waals surface area contributed by atoms with Gasteiger partial charge in [-0.2, -0.15) is 0 Å². The average molecular weight is 541 g/mol. The van der Waals surface area contributed by atoms with Crippen LogP contribution in [0.1, 0.15) is 36.7 Å². The van der Waals surface area contributed by atoms with Crippen LogP contribution in [0.15, 0.2) is 46.9 Å². The molecule has 1 saturated heterocycles. The van der Waals surface area contributed by atoms with Crippen molar-refractivity contribution in [3.8, 4) is 5.75 Å². The molecule has 2 atom stereocenters. The van der Waals surface area contributed by atoms with Crippen LogP contribution in [-0.2, 0) is 11.2 Å². The van der Waals surface area contributed by atoms with Gasteiger partial charge in [-0.15, -0.1) is 0 Å². The molecular weight excluding hydrogens is 512 g/mol. The SMILES string of the molecule is CCN(CCO)CCN1C(=O)N2[C@H](c3cccc(O)c3)c3[nH]c4ccc(Br)cc4c3C[C@@]2(C)C1=O. The number of aliphatic hydroxyl groups excluding tert-OH is 1. The van der Waals surface area contributed by atoms with E-state index in [0.717, 1.165) is 38.7 Å². The molecular formula is C26H29BrN4O4. The molecule has 1 fully saturated rings. The van der Waals surface area contributed by atoms with E-state index in [1.807, 2.05) is 43.0 Å². The highest BCUT2D eigenvalue weighted by Gasteiger charge is 2.60. The molecule has 0 radical (unpaired) electrons. The number of H-pyrrole nitrogens is 1. The molecule has 3 amide bonds. The van der Waals surface area contributed by atoms with E-state index in [9.17, 15) is 19.8 Å². The monoisotopic (exact) mass is 540 g/mol. The number of hydrogen-bond acceptors (Lipinski definition) is 5. The third-order valence-corrected chi connectivity index (χ3v) is 7.81. The van der Waals surface area contributed by atoms with E-state index in [1.165, 1.54) is 4.90 Å². The molecule has 9 heteroatoms. The van der Waals surface area contributed by atoms with Crippen LogP contribution < -0.4 is 0 Å². The summed E-state index contributed by atoms with van der Waals surface area (Å²) >= 11 is 3.56. The number of carbonyl (C=O) groups excluding carboxylic acids is 2. The molecule has 3 N–H and O–H groups in total. The number of aromatic amines is 1. The normalized spacial score (nSPS) is 21.8. The standard InChI is InChI=1S/C26H29BrN4O4/c1-3-29(11-12-32)9-10-30-24(34)26(2)15-20-19-14-17(27)7-8-21(19)28-22(20)23(31(26)25(30)35)16-5-4-6-18(33)13-16/h4-8,13-14,23,28,32-33H,3,9-12,15H2,1-2H3/t23-,26+/m1/s1. The first-order chi connectivity index (χ1) is 16.8. The molecule has 5 rings (SSSR count). The Morgan fingerprint density at radius 2 is 2.00 bits per heavy atom. The van der Waals surface area contributed by atoms with Gasteiger partial charge in [0.1, 0.15) is 17.3 Å². The number of nitrogens with zero attached hydrogens (tertiary/aromatic N) is 3. The molecule has 35 heavy (non-hydrogen) atoms. The van der Waals surface area contributed by atoms with Crippen LogP contribution in [0.4, 0.5) is 4.79 Å². The summed E-state index contributed by atoms with van der Waals surface area (Å²) < 4.78 is 0.937. The van der Waals surface area contributed by atoms with Crippen LogP contribution in [0.25, 0.3) is 10.9 Å². The Morgan fingerprint density at radius 1 is 1.20 bits per heavy atom. The van der Waals surface area contributed by atoms with Crippen LogP contribution in [0.3, 0.4) is 0 Å².